The SMILES string of the molecule is C=N/C(Oc1ccccc1/C(=N\OC)C1=NOCCO1)=C(F)\C(=N/C)OC1=C(Cl)CCC=C1. The summed E-state index contributed by atoms with van der Waals surface area (Å²) in [5, 5.41) is 8.28. The molecule has 1 aromatic rings. The minimum Gasteiger partial charge on any atom is -0.470 e. The molecule has 0 spiro atoms. The van der Waals surface area contributed by atoms with Gasteiger partial charge in [-0.1, -0.05) is 35.0 Å². The van der Waals surface area contributed by atoms with Crippen LogP contribution in [0.3, 0.4) is 0 Å². The second kappa shape index (κ2) is 11.8. The third-order valence-electron chi connectivity index (χ3n) is 4.29. The van der Waals surface area contributed by atoms with Gasteiger partial charge in [-0.2, -0.15) is 4.39 Å². The van der Waals surface area contributed by atoms with Gasteiger partial charge >= 0.3 is 0 Å². The van der Waals surface area contributed by atoms with Crippen molar-refractivity contribution in [2.75, 3.05) is 27.4 Å². The van der Waals surface area contributed by atoms with Gasteiger partial charge in [0.1, 0.15) is 25.2 Å². The van der Waals surface area contributed by atoms with Crippen molar-refractivity contribution in [3.63, 3.8) is 0 Å². The van der Waals surface area contributed by atoms with Crippen molar-refractivity contribution in [2.45, 2.75) is 12.8 Å². The van der Waals surface area contributed by atoms with E-state index in [9.17, 15) is 0 Å². The van der Waals surface area contributed by atoms with E-state index < -0.39 is 11.7 Å². The lowest BCUT2D eigenvalue weighted by Crippen LogP contribution is -2.26. The highest BCUT2D eigenvalue weighted by Gasteiger charge is 2.25. The first-order chi connectivity index (χ1) is 16.1. The summed E-state index contributed by atoms with van der Waals surface area (Å²) in [6.45, 7) is 3.98. The molecule has 174 valence electrons. The van der Waals surface area contributed by atoms with Crippen LogP contribution in [0.5, 0.6) is 5.75 Å². The van der Waals surface area contributed by atoms with Crippen LogP contribution in [-0.2, 0) is 19.1 Å². The average molecular weight is 477 g/mol. The van der Waals surface area contributed by atoms with Crippen molar-refractivity contribution in [1.82, 2.24) is 0 Å². The molecule has 3 rings (SSSR count). The van der Waals surface area contributed by atoms with Crippen LogP contribution < -0.4 is 4.74 Å². The Morgan fingerprint density at radius 3 is 2.73 bits per heavy atom. The number of halogens is 2. The standard InChI is InChI=1S/C22H22ClFN4O5/c1-25-20(18(24)21(26-2)33-17-11-7-5-9-15(17)23)32-16-10-6-4-8-14(16)19(27-29-3)22-28-31-13-12-30-22/h4,6-8,10-11H,1,5,9,12-13H2,2-3H3/b20-18-,26-21+,27-19+. The van der Waals surface area contributed by atoms with Crippen LogP contribution >= 0.6 is 11.6 Å². The number of nitrogens with zero attached hydrogens (tertiary/aromatic N) is 4. The molecule has 1 aromatic carbocycles. The Labute approximate surface area is 195 Å². The predicted octanol–water partition coefficient (Wildman–Crippen LogP) is 4.46. The number of aliphatic imine (C=N–C) groups is 2. The third-order valence-corrected chi connectivity index (χ3v) is 4.67. The van der Waals surface area contributed by atoms with Crippen molar-refractivity contribution in [3.05, 3.63) is 64.5 Å². The summed E-state index contributed by atoms with van der Waals surface area (Å²) in [7, 11) is 2.73. The monoisotopic (exact) mass is 476 g/mol. The van der Waals surface area contributed by atoms with Gasteiger partial charge in [-0.05, 0) is 42.9 Å². The van der Waals surface area contributed by atoms with E-state index in [1.807, 2.05) is 6.08 Å². The molecule has 0 atom stereocenters. The molecule has 0 N–H and O–H groups in total. The number of hydrogen-bond acceptors (Lipinski definition) is 9. The maximum absolute atomic E-state index is 15.3. The second-order valence-electron chi connectivity index (χ2n) is 6.42. The zero-order valence-electron chi connectivity index (χ0n) is 18.1. The van der Waals surface area contributed by atoms with E-state index in [0.717, 1.165) is 6.42 Å². The molecule has 1 aliphatic carbocycles. The Kier molecular flexibility index (Phi) is 8.59. The fourth-order valence-electron chi connectivity index (χ4n) is 2.80. The molecule has 0 aromatic heterocycles. The smallest absolute Gasteiger partial charge is 0.280 e. The van der Waals surface area contributed by atoms with Crippen molar-refractivity contribution >= 4 is 35.8 Å². The molecule has 33 heavy (non-hydrogen) atoms. The largest absolute Gasteiger partial charge is 0.470 e. The molecule has 1 heterocycles. The fourth-order valence-corrected chi connectivity index (χ4v) is 3.01. The molecule has 11 heteroatoms. The van der Waals surface area contributed by atoms with Gasteiger partial charge in [-0.15, -0.1) is 0 Å². The number of ether oxygens (including phenoxy) is 3. The first-order valence-corrected chi connectivity index (χ1v) is 10.2. The number of allylic oxidation sites excluding steroid dienone is 3. The molecule has 0 saturated carbocycles. The lowest BCUT2D eigenvalue weighted by molar-refractivity contribution is 0.0672. The van der Waals surface area contributed by atoms with Crippen molar-refractivity contribution in [1.29, 1.82) is 0 Å². The number of hydrogen-bond donors (Lipinski definition) is 0. The molecular formula is C22H22ClFN4O5. The summed E-state index contributed by atoms with van der Waals surface area (Å²) in [6, 6.07) is 6.65. The van der Waals surface area contributed by atoms with Crippen molar-refractivity contribution in [3.8, 4) is 5.75 Å². The predicted molar refractivity (Wildman–Crippen MR) is 123 cm³/mol. The Morgan fingerprint density at radius 2 is 2.06 bits per heavy atom. The second-order valence-corrected chi connectivity index (χ2v) is 6.87. The lowest BCUT2D eigenvalue weighted by Gasteiger charge is -2.17. The van der Waals surface area contributed by atoms with Gasteiger partial charge in [0.25, 0.3) is 17.7 Å². The summed E-state index contributed by atoms with van der Waals surface area (Å²) in [5.74, 6) is -1.26. The van der Waals surface area contributed by atoms with Gasteiger partial charge in [0.05, 0.1) is 10.6 Å². The minimum absolute atomic E-state index is 0.0847. The van der Waals surface area contributed by atoms with Crippen LogP contribution in [0.1, 0.15) is 18.4 Å². The summed E-state index contributed by atoms with van der Waals surface area (Å²) in [5.41, 5.74) is 0.566. The molecule has 0 saturated heterocycles. The maximum Gasteiger partial charge on any atom is 0.280 e. The van der Waals surface area contributed by atoms with E-state index in [2.05, 4.69) is 27.0 Å². The van der Waals surface area contributed by atoms with E-state index in [-0.39, 0.29) is 29.9 Å². The van der Waals surface area contributed by atoms with Crippen LogP contribution in [-0.4, -0.2) is 51.6 Å². The van der Waals surface area contributed by atoms with Crippen LogP contribution in [0.15, 0.2) is 79.2 Å². The fraction of sp³-hybridized carbons (Fsp3) is 0.273. The van der Waals surface area contributed by atoms with Gasteiger partial charge in [0, 0.05) is 7.05 Å². The molecule has 0 unspecified atom stereocenters. The zero-order valence-corrected chi connectivity index (χ0v) is 18.8. The Morgan fingerprint density at radius 1 is 1.24 bits per heavy atom. The lowest BCUT2D eigenvalue weighted by atomic mass is 10.1. The quantitative estimate of drug-likeness (QED) is 0.239. The van der Waals surface area contributed by atoms with E-state index in [4.69, 9.17) is 35.5 Å². The van der Waals surface area contributed by atoms with Gasteiger partial charge in [-0.3, -0.25) is 4.99 Å². The molecule has 2 aliphatic rings. The molecule has 1 aliphatic heterocycles. The number of benzene rings is 1. The maximum atomic E-state index is 15.3. The summed E-state index contributed by atoms with van der Waals surface area (Å²) in [6.07, 6.45) is 4.88. The van der Waals surface area contributed by atoms with Crippen molar-refractivity contribution < 1.29 is 28.3 Å². The van der Waals surface area contributed by atoms with Crippen LogP contribution in [0.4, 0.5) is 4.39 Å². The Bertz CT molecular complexity index is 1080. The van der Waals surface area contributed by atoms with E-state index in [0.29, 0.717) is 29.4 Å². The van der Waals surface area contributed by atoms with Crippen LogP contribution in [0.25, 0.3) is 0 Å². The van der Waals surface area contributed by atoms with Crippen molar-refractivity contribution in [2.24, 2.45) is 20.3 Å². The Balaban J connectivity index is 1.94. The Hall–Kier alpha value is -3.66. The summed E-state index contributed by atoms with van der Waals surface area (Å²) < 4.78 is 32.1. The average Bonchev–Trinajstić information content (AvgIpc) is 2.86. The molecule has 0 radical (unpaired) electrons. The molecule has 0 fully saturated rings. The highest BCUT2D eigenvalue weighted by molar-refractivity contribution is 6.45. The van der Waals surface area contributed by atoms with Gasteiger partial charge in [0.2, 0.25) is 5.83 Å². The number of rotatable bonds is 8. The van der Waals surface area contributed by atoms with Gasteiger partial charge in [0.15, 0.2) is 12.3 Å². The van der Waals surface area contributed by atoms with Gasteiger partial charge in [-0.25, -0.2) is 4.99 Å². The van der Waals surface area contributed by atoms with E-state index in [1.54, 1.807) is 30.3 Å². The number of para-hydroxylation sites is 1. The first-order valence-electron chi connectivity index (χ1n) is 9.87. The zero-order chi connectivity index (χ0) is 23.6. The third kappa shape index (κ3) is 5.98. The highest BCUT2D eigenvalue weighted by Crippen LogP contribution is 2.27. The van der Waals surface area contributed by atoms with Crippen LogP contribution in [0.2, 0.25) is 0 Å². The minimum atomic E-state index is -0.974. The first kappa shape index (κ1) is 24.0. The normalized spacial score (nSPS) is 17.4. The van der Waals surface area contributed by atoms with Crippen LogP contribution in [0, 0.1) is 0 Å². The molecular weight excluding hydrogens is 455 g/mol. The topological polar surface area (TPSA) is 95.6 Å². The molecule has 9 nitrogen and oxygen atoms in total. The number of oxime groups is 2. The molecule has 0 bridgehead atoms. The summed E-state index contributed by atoms with van der Waals surface area (Å²) >= 11 is 6.18. The molecule has 0 amide bonds. The highest BCUT2D eigenvalue weighted by atomic mass is 35.5. The van der Waals surface area contributed by atoms with E-state index >= 15 is 4.39 Å². The van der Waals surface area contributed by atoms with E-state index in [1.165, 1.54) is 14.2 Å². The summed E-state index contributed by atoms with van der Waals surface area (Å²) in [4.78, 5) is 17.5. The van der Waals surface area contributed by atoms with Gasteiger partial charge < -0.3 is 23.9 Å².